The van der Waals surface area contributed by atoms with Crippen LogP contribution in [0.25, 0.3) is 0 Å². The van der Waals surface area contributed by atoms with Crippen LogP contribution < -0.4 is 10.1 Å². The zero-order chi connectivity index (χ0) is 20.8. The van der Waals surface area contributed by atoms with E-state index in [-0.39, 0.29) is 35.1 Å². The molecule has 0 aliphatic carbocycles. The van der Waals surface area contributed by atoms with Crippen LogP contribution in [0.1, 0.15) is 45.1 Å². The van der Waals surface area contributed by atoms with Crippen molar-refractivity contribution in [3.8, 4) is 5.75 Å². The number of nitrogens with one attached hydrogen (secondary N) is 1. The lowest BCUT2D eigenvalue weighted by Gasteiger charge is -2.26. The predicted octanol–water partition coefficient (Wildman–Crippen LogP) is 3.53. The van der Waals surface area contributed by atoms with Crippen LogP contribution in [0.4, 0.5) is 0 Å². The third-order valence-corrected chi connectivity index (χ3v) is 6.16. The molecule has 1 heterocycles. The van der Waals surface area contributed by atoms with Crippen LogP contribution in [0, 0.1) is 5.41 Å². The molecule has 29 heavy (non-hydrogen) atoms. The predicted molar refractivity (Wildman–Crippen MR) is 131 cm³/mol. The van der Waals surface area contributed by atoms with E-state index in [1.54, 1.807) is 7.11 Å². The maximum Gasteiger partial charge on any atom is 0.193 e. The molecule has 0 radical (unpaired) electrons. The van der Waals surface area contributed by atoms with E-state index < -0.39 is 9.84 Å². The van der Waals surface area contributed by atoms with Gasteiger partial charge in [0.2, 0.25) is 0 Å². The van der Waals surface area contributed by atoms with Gasteiger partial charge < -0.3 is 15.0 Å². The summed E-state index contributed by atoms with van der Waals surface area (Å²) in [6, 6.07) is 8.32. The topological polar surface area (TPSA) is 71.0 Å². The van der Waals surface area contributed by atoms with Gasteiger partial charge in [-0.05, 0) is 42.9 Å². The van der Waals surface area contributed by atoms with E-state index in [9.17, 15) is 8.42 Å². The van der Waals surface area contributed by atoms with Gasteiger partial charge in [0.1, 0.15) is 15.6 Å². The largest absolute Gasteiger partial charge is 0.497 e. The molecule has 1 N–H and O–H groups in total. The highest BCUT2D eigenvalue weighted by Crippen LogP contribution is 2.29. The van der Waals surface area contributed by atoms with Gasteiger partial charge in [0, 0.05) is 38.4 Å². The first kappa shape index (κ1) is 26.0. The normalized spacial score (nSPS) is 17.8. The monoisotopic (exact) mass is 537 g/mol. The fraction of sp³-hybridized carbons (Fsp3) is 0.667. The third kappa shape index (κ3) is 8.70. The highest BCUT2D eigenvalue weighted by molar-refractivity contribution is 14.0. The quantitative estimate of drug-likeness (QED) is 0.312. The minimum absolute atomic E-state index is 0. The molecule has 1 aromatic rings. The number of benzene rings is 1. The van der Waals surface area contributed by atoms with Crippen LogP contribution in [0.5, 0.6) is 5.75 Å². The molecule has 8 heteroatoms. The number of ether oxygens (including phenoxy) is 1. The molecule has 1 unspecified atom stereocenters. The average Bonchev–Trinajstić information content (AvgIpc) is 3.13. The van der Waals surface area contributed by atoms with E-state index in [0.29, 0.717) is 18.9 Å². The molecule has 1 aliphatic rings. The van der Waals surface area contributed by atoms with Gasteiger partial charge in [-0.1, -0.05) is 26.0 Å². The fourth-order valence-electron chi connectivity index (χ4n) is 3.36. The molecule has 0 bridgehead atoms. The Kier molecular flexibility index (Phi) is 10.2. The molecule has 166 valence electrons. The van der Waals surface area contributed by atoms with Crippen molar-refractivity contribution in [2.24, 2.45) is 10.4 Å². The first-order valence-electron chi connectivity index (χ1n) is 9.98. The van der Waals surface area contributed by atoms with Crippen molar-refractivity contribution in [1.29, 1.82) is 0 Å². The summed E-state index contributed by atoms with van der Waals surface area (Å²) < 4.78 is 28.2. The van der Waals surface area contributed by atoms with E-state index in [0.717, 1.165) is 37.8 Å². The Bertz CT molecular complexity index is 764. The number of rotatable bonds is 8. The number of guanidine groups is 1. The molecule has 0 amide bonds. The van der Waals surface area contributed by atoms with Gasteiger partial charge in [-0.2, -0.15) is 0 Å². The molecule has 1 saturated heterocycles. The molecular formula is C21H36IN3O3S. The van der Waals surface area contributed by atoms with Crippen molar-refractivity contribution in [2.75, 3.05) is 45.3 Å². The molecular weight excluding hydrogens is 501 g/mol. The molecule has 0 spiro atoms. The van der Waals surface area contributed by atoms with Crippen molar-refractivity contribution in [1.82, 2.24) is 10.2 Å². The lowest BCUT2D eigenvalue weighted by molar-refractivity contribution is 0.361. The SMILES string of the molecule is CCNC(=NCC(C)(C)CCS(C)(=O)=O)N1CCC(c2ccc(OC)cc2)C1.I. The van der Waals surface area contributed by atoms with Crippen molar-refractivity contribution in [3.05, 3.63) is 29.8 Å². The Morgan fingerprint density at radius 3 is 2.52 bits per heavy atom. The van der Waals surface area contributed by atoms with Gasteiger partial charge in [0.15, 0.2) is 5.96 Å². The van der Waals surface area contributed by atoms with Gasteiger partial charge in [-0.25, -0.2) is 8.42 Å². The summed E-state index contributed by atoms with van der Waals surface area (Å²) in [7, 11) is -1.26. The second kappa shape index (κ2) is 11.4. The van der Waals surface area contributed by atoms with Gasteiger partial charge >= 0.3 is 0 Å². The smallest absolute Gasteiger partial charge is 0.193 e. The summed E-state index contributed by atoms with van der Waals surface area (Å²) in [4.78, 5) is 7.15. The first-order valence-corrected chi connectivity index (χ1v) is 12.0. The molecule has 2 rings (SSSR count). The maximum atomic E-state index is 11.5. The van der Waals surface area contributed by atoms with Crippen LogP contribution in [-0.2, 0) is 9.84 Å². The zero-order valence-corrected chi connectivity index (χ0v) is 21.4. The lowest BCUT2D eigenvalue weighted by atomic mass is 9.90. The number of aliphatic imine (C=N–C) groups is 1. The van der Waals surface area contributed by atoms with E-state index in [4.69, 9.17) is 9.73 Å². The first-order chi connectivity index (χ1) is 13.1. The van der Waals surface area contributed by atoms with Crippen LogP contribution in [0.15, 0.2) is 29.3 Å². The summed E-state index contributed by atoms with van der Waals surface area (Å²) in [5, 5.41) is 3.40. The minimum atomic E-state index is -2.95. The number of likely N-dealkylation sites (tertiary alicyclic amines) is 1. The summed E-state index contributed by atoms with van der Waals surface area (Å²) in [5.41, 5.74) is 1.17. The van der Waals surface area contributed by atoms with Crippen LogP contribution in [0.3, 0.4) is 0 Å². The van der Waals surface area contributed by atoms with E-state index in [1.165, 1.54) is 11.8 Å². The molecule has 1 aliphatic heterocycles. The number of nitrogens with zero attached hydrogens (tertiary/aromatic N) is 2. The summed E-state index contributed by atoms with van der Waals surface area (Å²) in [6.07, 6.45) is 3.00. The number of methoxy groups -OCH3 is 1. The van der Waals surface area contributed by atoms with Gasteiger partial charge in [0.05, 0.1) is 12.9 Å². The van der Waals surface area contributed by atoms with Gasteiger partial charge in [-0.3, -0.25) is 4.99 Å². The molecule has 1 aromatic carbocycles. The molecule has 1 atom stereocenters. The highest BCUT2D eigenvalue weighted by Gasteiger charge is 2.27. The second-order valence-electron chi connectivity index (χ2n) is 8.42. The average molecular weight is 538 g/mol. The van der Waals surface area contributed by atoms with Crippen molar-refractivity contribution < 1.29 is 13.2 Å². The van der Waals surface area contributed by atoms with Crippen molar-refractivity contribution in [2.45, 2.75) is 39.5 Å². The lowest BCUT2D eigenvalue weighted by Crippen LogP contribution is -2.40. The van der Waals surface area contributed by atoms with E-state index >= 15 is 0 Å². The molecule has 1 fully saturated rings. The van der Waals surface area contributed by atoms with Gasteiger partial charge in [0.25, 0.3) is 0 Å². The fourth-order valence-corrected chi connectivity index (χ4v) is 4.28. The molecule has 0 aromatic heterocycles. The number of sulfone groups is 1. The second-order valence-corrected chi connectivity index (χ2v) is 10.7. The maximum absolute atomic E-state index is 11.5. The summed E-state index contributed by atoms with van der Waals surface area (Å²) >= 11 is 0. The Labute approximate surface area is 193 Å². The van der Waals surface area contributed by atoms with Crippen LogP contribution in [0.2, 0.25) is 0 Å². The Morgan fingerprint density at radius 2 is 1.97 bits per heavy atom. The Morgan fingerprint density at radius 1 is 1.31 bits per heavy atom. The van der Waals surface area contributed by atoms with Crippen molar-refractivity contribution in [3.63, 3.8) is 0 Å². The standard InChI is InChI=1S/C21H35N3O3S.HI/c1-6-22-20(23-16-21(2,3)12-14-28(5,25)26)24-13-11-18(15-24)17-7-9-19(27-4)10-8-17;/h7-10,18H,6,11-16H2,1-5H3,(H,22,23);1H. The highest BCUT2D eigenvalue weighted by atomic mass is 127. The molecule has 6 nitrogen and oxygen atoms in total. The van der Waals surface area contributed by atoms with E-state index in [1.807, 2.05) is 12.1 Å². The van der Waals surface area contributed by atoms with Gasteiger partial charge in [-0.15, -0.1) is 24.0 Å². The minimum Gasteiger partial charge on any atom is -0.497 e. The summed E-state index contributed by atoms with van der Waals surface area (Å²) in [6.45, 7) is 9.54. The van der Waals surface area contributed by atoms with Crippen LogP contribution in [-0.4, -0.2) is 64.6 Å². The summed E-state index contributed by atoms with van der Waals surface area (Å²) in [5.74, 6) is 2.48. The van der Waals surface area contributed by atoms with Crippen LogP contribution >= 0.6 is 24.0 Å². The van der Waals surface area contributed by atoms with Crippen molar-refractivity contribution >= 4 is 39.8 Å². The number of hydrogen-bond donors (Lipinski definition) is 1. The Balaban J connectivity index is 0.00000420. The number of hydrogen-bond acceptors (Lipinski definition) is 4. The number of halogens is 1. The Hall–Kier alpha value is -1.03. The zero-order valence-electron chi connectivity index (χ0n) is 18.3. The van der Waals surface area contributed by atoms with E-state index in [2.05, 4.69) is 43.1 Å². The molecule has 0 saturated carbocycles. The third-order valence-electron chi connectivity index (χ3n) is 5.22.